The van der Waals surface area contributed by atoms with Gasteiger partial charge in [0.1, 0.15) is 6.54 Å². The first-order valence-corrected chi connectivity index (χ1v) is 9.99. The van der Waals surface area contributed by atoms with Gasteiger partial charge in [-0.1, -0.05) is 0 Å². The maximum atomic E-state index is 11.9. The zero-order valence-corrected chi connectivity index (χ0v) is 20.4. The molecule has 29 heavy (non-hydrogen) atoms. The first-order valence-electron chi connectivity index (χ1n) is 9.99. The smallest absolute Gasteiger partial charge is 0.243 e. The largest absolute Gasteiger partial charge is 0.379 e. The number of aliphatic imine (C=N–C) groups is 1. The van der Waals surface area contributed by atoms with Gasteiger partial charge < -0.3 is 20.3 Å². The van der Waals surface area contributed by atoms with Crippen LogP contribution in [0.3, 0.4) is 0 Å². The highest BCUT2D eigenvalue weighted by Gasteiger charge is 2.10. The van der Waals surface area contributed by atoms with Crippen molar-refractivity contribution in [2.75, 3.05) is 66.6 Å². The van der Waals surface area contributed by atoms with E-state index in [9.17, 15) is 4.79 Å². The molecule has 0 aromatic carbocycles. The molecule has 1 saturated heterocycles. The Hall–Kier alpha value is -1.40. The molecular weight excluding hydrogens is 485 g/mol. The molecule has 0 aliphatic carbocycles. The summed E-state index contributed by atoms with van der Waals surface area (Å²) in [6.07, 6.45) is 0.924. The second-order valence-corrected chi connectivity index (χ2v) is 7.26. The Balaban J connectivity index is 0.00000420. The van der Waals surface area contributed by atoms with Crippen LogP contribution < -0.4 is 10.6 Å². The number of carbonyl (C=O) groups is 1. The number of aromatic nitrogens is 2. The van der Waals surface area contributed by atoms with Crippen LogP contribution in [-0.2, 0) is 16.1 Å². The molecule has 2 heterocycles. The number of likely N-dealkylation sites (N-methyl/N-ethyl adjacent to an activating group) is 1. The van der Waals surface area contributed by atoms with Gasteiger partial charge in [-0.25, -0.2) is 4.99 Å². The van der Waals surface area contributed by atoms with Gasteiger partial charge in [-0.05, 0) is 26.3 Å². The molecule has 166 valence electrons. The SMILES string of the molecule is Cc1cc(C)n(CCCNC(=NCC(=O)N(C)C)NCCN2CCOCC2)n1.I. The van der Waals surface area contributed by atoms with E-state index in [-0.39, 0.29) is 36.4 Å². The number of nitrogens with one attached hydrogen (secondary N) is 2. The molecule has 1 fully saturated rings. The highest BCUT2D eigenvalue weighted by molar-refractivity contribution is 14.0. The molecule has 1 aromatic rings. The minimum Gasteiger partial charge on any atom is -0.379 e. The van der Waals surface area contributed by atoms with Crippen LogP contribution in [0.2, 0.25) is 0 Å². The summed E-state index contributed by atoms with van der Waals surface area (Å²) in [5.74, 6) is 0.661. The second kappa shape index (κ2) is 13.8. The van der Waals surface area contributed by atoms with Crippen molar-refractivity contribution in [2.45, 2.75) is 26.8 Å². The fourth-order valence-corrected chi connectivity index (χ4v) is 2.96. The quantitative estimate of drug-likeness (QED) is 0.213. The molecule has 1 aliphatic heterocycles. The number of ether oxygens (including phenoxy) is 1. The maximum absolute atomic E-state index is 11.9. The standard InChI is InChI=1S/C19H35N7O2.HI/c1-16-14-17(2)26(23-16)8-5-6-20-19(22-15-18(27)24(3)4)21-7-9-25-10-12-28-13-11-25;/h14H,5-13,15H2,1-4H3,(H2,20,21,22);1H. The average Bonchev–Trinajstić information content (AvgIpc) is 3.00. The predicted octanol–water partition coefficient (Wildman–Crippen LogP) is 0.464. The number of guanidine groups is 1. The van der Waals surface area contributed by atoms with Gasteiger partial charge in [0.25, 0.3) is 0 Å². The van der Waals surface area contributed by atoms with Gasteiger partial charge in [0.05, 0.1) is 18.9 Å². The molecule has 10 heteroatoms. The van der Waals surface area contributed by atoms with Crippen LogP contribution in [0.4, 0.5) is 0 Å². The molecule has 1 aromatic heterocycles. The van der Waals surface area contributed by atoms with E-state index < -0.39 is 0 Å². The minimum atomic E-state index is -0.0167. The summed E-state index contributed by atoms with van der Waals surface area (Å²) < 4.78 is 7.40. The average molecular weight is 521 g/mol. The first-order chi connectivity index (χ1) is 13.5. The fraction of sp³-hybridized carbons (Fsp3) is 0.737. The molecule has 1 aliphatic rings. The Bertz CT molecular complexity index is 643. The summed E-state index contributed by atoms with van der Waals surface area (Å²) in [5.41, 5.74) is 2.21. The highest BCUT2D eigenvalue weighted by atomic mass is 127. The van der Waals surface area contributed by atoms with Gasteiger partial charge in [0, 0.05) is 59.1 Å². The lowest BCUT2D eigenvalue weighted by atomic mass is 10.4. The Morgan fingerprint density at radius 1 is 1.21 bits per heavy atom. The highest BCUT2D eigenvalue weighted by Crippen LogP contribution is 2.02. The molecule has 2 rings (SSSR count). The number of aryl methyl sites for hydroxylation is 3. The molecule has 2 N–H and O–H groups in total. The molecular formula is C19H36IN7O2. The Kier molecular flexibility index (Phi) is 12.2. The molecule has 0 spiro atoms. The van der Waals surface area contributed by atoms with E-state index in [0.717, 1.165) is 64.6 Å². The van der Waals surface area contributed by atoms with Crippen molar-refractivity contribution >= 4 is 35.8 Å². The van der Waals surface area contributed by atoms with Crippen LogP contribution in [0, 0.1) is 13.8 Å². The monoisotopic (exact) mass is 521 g/mol. The summed E-state index contributed by atoms with van der Waals surface area (Å²) in [6, 6.07) is 2.08. The molecule has 0 atom stereocenters. The van der Waals surface area contributed by atoms with Gasteiger partial charge in [0.2, 0.25) is 5.91 Å². The number of hydrogen-bond acceptors (Lipinski definition) is 5. The van der Waals surface area contributed by atoms with E-state index in [1.807, 2.05) is 11.6 Å². The van der Waals surface area contributed by atoms with E-state index in [4.69, 9.17) is 4.74 Å². The summed E-state index contributed by atoms with van der Waals surface area (Å²) in [5, 5.41) is 11.2. The first kappa shape index (κ1) is 25.6. The van der Waals surface area contributed by atoms with Crippen LogP contribution >= 0.6 is 24.0 Å². The lowest BCUT2D eigenvalue weighted by molar-refractivity contribution is -0.127. The summed E-state index contributed by atoms with van der Waals surface area (Å²) in [7, 11) is 3.48. The third-order valence-electron chi connectivity index (χ3n) is 4.64. The Morgan fingerprint density at radius 2 is 1.90 bits per heavy atom. The molecule has 1 amide bonds. The third kappa shape index (κ3) is 9.77. The van der Waals surface area contributed by atoms with Gasteiger partial charge >= 0.3 is 0 Å². The number of amides is 1. The van der Waals surface area contributed by atoms with E-state index in [0.29, 0.717) is 5.96 Å². The van der Waals surface area contributed by atoms with E-state index in [1.54, 1.807) is 19.0 Å². The van der Waals surface area contributed by atoms with Crippen molar-refractivity contribution in [1.82, 2.24) is 30.2 Å². The Labute approximate surface area is 191 Å². The van der Waals surface area contributed by atoms with Crippen molar-refractivity contribution < 1.29 is 9.53 Å². The zero-order chi connectivity index (χ0) is 20.4. The van der Waals surface area contributed by atoms with Gasteiger partial charge in [0.15, 0.2) is 5.96 Å². The van der Waals surface area contributed by atoms with Crippen molar-refractivity contribution in [3.8, 4) is 0 Å². The molecule has 0 unspecified atom stereocenters. The van der Waals surface area contributed by atoms with Crippen molar-refractivity contribution in [3.63, 3.8) is 0 Å². The zero-order valence-electron chi connectivity index (χ0n) is 18.1. The van der Waals surface area contributed by atoms with Gasteiger partial charge in [-0.15, -0.1) is 24.0 Å². The minimum absolute atomic E-state index is 0. The van der Waals surface area contributed by atoms with E-state index >= 15 is 0 Å². The fourth-order valence-electron chi connectivity index (χ4n) is 2.96. The molecule has 0 bridgehead atoms. The van der Waals surface area contributed by atoms with Crippen molar-refractivity contribution in [1.29, 1.82) is 0 Å². The topological polar surface area (TPSA) is 87.0 Å². The lowest BCUT2D eigenvalue weighted by Crippen LogP contribution is -2.45. The van der Waals surface area contributed by atoms with Crippen LogP contribution in [0.5, 0.6) is 0 Å². The van der Waals surface area contributed by atoms with Gasteiger partial charge in [-0.3, -0.25) is 14.4 Å². The molecule has 9 nitrogen and oxygen atoms in total. The normalized spacial score (nSPS) is 15.0. The maximum Gasteiger partial charge on any atom is 0.243 e. The predicted molar refractivity (Wildman–Crippen MR) is 126 cm³/mol. The third-order valence-corrected chi connectivity index (χ3v) is 4.64. The summed E-state index contributed by atoms with van der Waals surface area (Å²) in [4.78, 5) is 20.2. The number of hydrogen-bond donors (Lipinski definition) is 2. The van der Waals surface area contributed by atoms with Crippen LogP contribution in [0.15, 0.2) is 11.1 Å². The number of rotatable bonds is 9. The summed E-state index contributed by atoms with van der Waals surface area (Å²) >= 11 is 0. The van der Waals surface area contributed by atoms with Crippen LogP contribution in [-0.4, -0.2) is 98.0 Å². The van der Waals surface area contributed by atoms with Gasteiger partial charge in [-0.2, -0.15) is 5.10 Å². The number of nitrogens with zero attached hydrogens (tertiary/aromatic N) is 5. The second-order valence-electron chi connectivity index (χ2n) is 7.26. The van der Waals surface area contributed by atoms with E-state index in [1.165, 1.54) is 5.69 Å². The van der Waals surface area contributed by atoms with Crippen molar-refractivity contribution in [2.24, 2.45) is 4.99 Å². The number of carbonyl (C=O) groups excluding carboxylic acids is 1. The number of morpholine rings is 1. The van der Waals surface area contributed by atoms with Crippen LogP contribution in [0.25, 0.3) is 0 Å². The molecule has 0 radical (unpaired) electrons. The number of halogens is 1. The molecule has 0 saturated carbocycles. The van der Waals surface area contributed by atoms with Crippen LogP contribution in [0.1, 0.15) is 17.8 Å². The van der Waals surface area contributed by atoms with Crippen molar-refractivity contribution in [3.05, 3.63) is 17.5 Å². The summed E-state index contributed by atoms with van der Waals surface area (Å²) in [6.45, 7) is 11.0. The Morgan fingerprint density at radius 3 is 2.52 bits per heavy atom. The van der Waals surface area contributed by atoms with E-state index in [2.05, 4.69) is 38.6 Å². The lowest BCUT2D eigenvalue weighted by Gasteiger charge is -2.26.